The van der Waals surface area contributed by atoms with Crippen LogP contribution in [0.15, 0.2) is 30.3 Å². The van der Waals surface area contributed by atoms with E-state index in [1.54, 1.807) is 24.3 Å². The zero-order valence-corrected chi connectivity index (χ0v) is 10.1. The summed E-state index contributed by atoms with van der Waals surface area (Å²) in [6.07, 6.45) is -4.59. The fourth-order valence-corrected chi connectivity index (χ4v) is 1.56. The highest BCUT2D eigenvalue weighted by molar-refractivity contribution is 6.33. The van der Waals surface area contributed by atoms with Crippen LogP contribution in [0.4, 0.5) is 30.6 Å². The van der Waals surface area contributed by atoms with Gasteiger partial charge in [0.2, 0.25) is 5.95 Å². The zero-order valence-electron chi connectivity index (χ0n) is 9.37. The summed E-state index contributed by atoms with van der Waals surface area (Å²) in [5, 5.41) is 3.02. The van der Waals surface area contributed by atoms with Gasteiger partial charge < -0.3 is 11.1 Å². The maximum atomic E-state index is 12.6. The molecule has 4 nitrogen and oxygen atoms in total. The standard InChI is InChI=1S/C11H8ClF3N4/c12-6-3-1-2-4-7(6)17-9-5-8(11(13,14)15)18-10(16)19-9/h1-5H,(H3,16,17,18,19). The van der Waals surface area contributed by atoms with E-state index in [1.165, 1.54) is 0 Å². The van der Waals surface area contributed by atoms with Crippen LogP contribution >= 0.6 is 11.6 Å². The highest BCUT2D eigenvalue weighted by atomic mass is 35.5. The van der Waals surface area contributed by atoms with E-state index in [9.17, 15) is 13.2 Å². The first-order valence-corrected chi connectivity index (χ1v) is 5.47. The van der Waals surface area contributed by atoms with Crippen molar-refractivity contribution >= 4 is 29.1 Å². The molecule has 0 radical (unpaired) electrons. The van der Waals surface area contributed by atoms with Crippen LogP contribution in [0.3, 0.4) is 0 Å². The van der Waals surface area contributed by atoms with Gasteiger partial charge in [0.05, 0.1) is 10.7 Å². The molecule has 2 rings (SSSR count). The highest BCUT2D eigenvalue weighted by Gasteiger charge is 2.33. The van der Waals surface area contributed by atoms with E-state index in [4.69, 9.17) is 17.3 Å². The molecule has 1 aromatic carbocycles. The topological polar surface area (TPSA) is 63.8 Å². The van der Waals surface area contributed by atoms with Gasteiger partial charge in [0.1, 0.15) is 5.82 Å². The fourth-order valence-electron chi connectivity index (χ4n) is 1.38. The first kappa shape index (κ1) is 13.4. The second-order valence-corrected chi connectivity index (χ2v) is 4.01. The first-order valence-electron chi connectivity index (χ1n) is 5.09. The van der Waals surface area contributed by atoms with Crippen LogP contribution in [0.1, 0.15) is 5.69 Å². The number of nitrogens with two attached hydrogens (primary N) is 1. The molecule has 8 heteroatoms. The van der Waals surface area contributed by atoms with Gasteiger partial charge in [-0.15, -0.1) is 0 Å². The van der Waals surface area contributed by atoms with Crippen LogP contribution in [-0.2, 0) is 6.18 Å². The third-order valence-electron chi connectivity index (χ3n) is 2.17. The maximum Gasteiger partial charge on any atom is 0.433 e. The monoisotopic (exact) mass is 288 g/mol. The molecule has 2 aromatic rings. The third kappa shape index (κ3) is 3.25. The van der Waals surface area contributed by atoms with Crippen LogP contribution in [0, 0.1) is 0 Å². The minimum absolute atomic E-state index is 0.0760. The van der Waals surface area contributed by atoms with E-state index >= 15 is 0 Å². The second-order valence-electron chi connectivity index (χ2n) is 3.60. The van der Waals surface area contributed by atoms with E-state index in [0.717, 1.165) is 6.07 Å². The largest absolute Gasteiger partial charge is 0.433 e. The van der Waals surface area contributed by atoms with Gasteiger partial charge in [-0.2, -0.15) is 18.2 Å². The number of nitrogens with one attached hydrogen (secondary N) is 1. The summed E-state index contributed by atoms with van der Waals surface area (Å²) in [6.45, 7) is 0. The lowest BCUT2D eigenvalue weighted by atomic mass is 10.3. The molecule has 1 heterocycles. The number of halogens is 4. The molecule has 0 spiro atoms. The van der Waals surface area contributed by atoms with Crippen molar-refractivity contribution in [2.45, 2.75) is 6.18 Å². The van der Waals surface area contributed by atoms with Crippen molar-refractivity contribution < 1.29 is 13.2 Å². The highest BCUT2D eigenvalue weighted by Crippen LogP contribution is 2.31. The Hall–Kier alpha value is -2.02. The number of alkyl halides is 3. The van der Waals surface area contributed by atoms with Crippen LogP contribution in [0.25, 0.3) is 0 Å². The van der Waals surface area contributed by atoms with Crippen molar-refractivity contribution in [1.82, 2.24) is 9.97 Å². The Morgan fingerprint density at radius 1 is 1.16 bits per heavy atom. The molecule has 0 aliphatic rings. The number of nitrogen functional groups attached to an aromatic ring is 1. The van der Waals surface area contributed by atoms with Crippen LogP contribution in [-0.4, -0.2) is 9.97 Å². The first-order chi connectivity index (χ1) is 8.86. The molecule has 0 aliphatic heterocycles. The van der Waals surface area contributed by atoms with Crippen molar-refractivity contribution in [1.29, 1.82) is 0 Å². The Kier molecular flexibility index (Phi) is 3.48. The molecular formula is C11H8ClF3N4. The summed E-state index contributed by atoms with van der Waals surface area (Å²) in [5.41, 5.74) is 4.56. The lowest BCUT2D eigenvalue weighted by Gasteiger charge is -2.11. The molecule has 1 aromatic heterocycles. The van der Waals surface area contributed by atoms with E-state index in [2.05, 4.69) is 15.3 Å². The predicted octanol–water partition coefficient (Wildman–Crippen LogP) is 3.47. The van der Waals surface area contributed by atoms with Gasteiger partial charge in [0, 0.05) is 6.07 Å². The minimum atomic E-state index is -4.59. The number of hydrogen-bond donors (Lipinski definition) is 2. The molecule has 0 aliphatic carbocycles. The number of anilines is 3. The lowest BCUT2D eigenvalue weighted by Crippen LogP contribution is -2.12. The van der Waals surface area contributed by atoms with Crippen molar-refractivity contribution in [3.05, 3.63) is 41.0 Å². The molecule has 3 N–H and O–H groups in total. The summed E-state index contributed by atoms with van der Waals surface area (Å²) in [5.74, 6) is -0.544. The summed E-state index contributed by atoms with van der Waals surface area (Å²) in [6, 6.07) is 7.35. The molecule has 0 bridgehead atoms. The van der Waals surface area contributed by atoms with E-state index in [1.807, 2.05) is 0 Å². The lowest BCUT2D eigenvalue weighted by molar-refractivity contribution is -0.141. The Bertz CT molecular complexity index is 601. The van der Waals surface area contributed by atoms with Crippen LogP contribution in [0.2, 0.25) is 5.02 Å². The zero-order chi connectivity index (χ0) is 14.0. The molecule has 0 saturated carbocycles. The van der Waals surface area contributed by atoms with E-state index < -0.39 is 17.8 Å². The Morgan fingerprint density at radius 3 is 2.47 bits per heavy atom. The molecular weight excluding hydrogens is 281 g/mol. The van der Waals surface area contributed by atoms with Gasteiger partial charge in [-0.25, -0.2) is 4.98 Å². The SMILES string of the molecule is Nc1nc(Nc2ccccc2Cl)cc(C(F)(F)F)n1. The predicted molar refractivity (Wildman–Crippen MR) is 66.2 cm³/mol. The van der Waals surface area contributed by atoms with Gasteiger partial charge in [0.25, 0.3) is 0 Å². The van der Waals surface area contributed by atoms with Crippen LogP contribution in [0.5, 0.6) is 0 Å². The summed E-state index contributed by atoms with van der Waals surface area (Å²) in [7, 11) is 0. The van der Waals surface area contributed by atoms with Crippen LogP contribution < -0.4 is 11.1 Å². The number of rotatable bonds is 2. The smallest absolute Gasteiger partial charge is 0.368 e. The normalized spacial score (nSPS) is 11.4. The number of para-hydroxylation sites is 1. The molecule has 0 unspecified atom stereocenters. The van der Waals surface area contributed by atoms with Crippen molar-refractivity contribution in [2.24, 2.45) is 0 Å². The number of hydrogen-bond acceptors (Lipinski definition) is 4. The quantitative estimate of drug-likeness (QED) is 0.888. The summed E-state index contributed by atoms with van der Waals surface area (Å²) < 4.78 is 37.7. The number of nitrogens with zero attached hydrogens (tertiary/aromatic N) is 2. The second kappa shape index (κ2) is 4.93. The summed E-state index contributed by atoms with van der Waals surface area (Å²) >= 11 is 5.88. The van der Waals surface area contributed by atoms with E-state index in [-0.39, 0.29) is 5.82 Å². The average molecular weight is 289 g/mol. The Labute approximate surface area is 111 Å². The average Bonchev–Trinajstić information content (AvgIpc) is 2.30. The fraction of sp³-hybridized carbons (Fsp3) is 0.0909. The number of benzene rings is 1. The molecule has 0 atom stereocenters. The molecule has 0 amide bonds. The van der Waals surface area contributed by atoms with Crippen molar-refractivity contribution in [2.75, 3.05) is 11.1 Å². The van der Waals surface area contributed by atoms with Gasteiger partial charge in [-0.05, 0) is 12.1 Å². The van der Waals surface area contributed by atoms with Gasteiger partial charge in [-0.1, -0.05) is 23.7 Å². The van der Waals surface area contributed by atoms with Gasteiger partial charge in [-0.3, -0.25) is 0 Å². The molecule has 19 heavy (non-hydrogen) atoms. The molecule has 0 fully saturated rings. The molecule has 0 saturated heterocycles. The maximum absolute atomic E-state index is 12.6. The van der Waals surface area contributed by atoms with E-state index in [0.29, 0.717) is 10.7 Å². The van der Waals surface area contributed by atoms with Gasteiger partial charge in [0.15, 0.2) is 5.69 Å². The van der Waals surface area contributed by atoms with Crippen molar-refractivity contribution in [3.63, 3.8) is 0 Å². The Morgan fingerprint density at radius 2 is 1.84 bits per heavy atom. The Balaban J connectivity index is 2.36. The third-order valence-corrected chi connectivity index (χ3v) is 2.50. The van der Waals surface area contributed by atoms with Gasteiger partial charge >= 0.3 is 6.18 Å². The van der Waals surface area contributed by atoms with Crippen molar-refractivity contribution in [3.8, 4) is 0 Å². The minimum Gasteiger partial charge on any atom is -0.368 e. The number of aromatic nitrogens is 2. The molecule has 100 valence electrons. The summed E-state index contributed by atoms with van der Waals surface area (Å²) in [4.78, 5) is 6.82.